The second kappa shape index (κ2) is 6.22. The highest BCUT2D eigenvalue weighted by molar-refractivity contribution is 9.10. The number of halogens is 2. The highest BCUT2D eigenvalue weighted by Crippen LogP contribution is 2.23. The number of carbonyl (C=O) groups excluding carboxylic acids is 1. The molecule has 0 unspecified atom stereocenters. The maximum absolute atomic E-state index is 14.0. The Balaban J connectivity index is 2.15. The van der Waals surface area contributed by atoms with Crippen molar-refractivity contribution < 1.29 is 18.0 Å². The van der Waals surface area contributed by atoms with E-state index in [0.717, 1.165) is 0 Å². The third kappa shape index (κ3) is 4.59. The molecular weight excluding hydrogens is 339 g/mol. The number of hydrogen-bond acceptors (Lipinski definition) is 3. The van der Waals surface area contributed by atoms with Crippen molar-refractivity contribution >= 4 is 27.7 Å². The average molecular weight is 362 g/mol. The van der Waals surface area contributed by atoms with Crippen molar-refractivity contribution in [1.82, 2.24) is 4.90 Å². The SMILES string of the molecule is [2H]c1c(F)c([2H])c(N2CCN(C(=O)OC(C)(C)C)CC2)c([2H])c1Br. The molecule has 1 aliphatic rings. The Kier molecular flexibility index (Phi) is 3.63. The standard InChI is InChI=1S/C15H20BrFN2O2/c1-15(2,3)21-14(20)19-6-4-18(5-7-19)13-9-11(16)8-12(17)10-13/h8-10H,4-7H2,1-3H3/i8D,9D,10D. The van der Waals surface area contributed by atoms with Crippen LogP contribution in [0.3, 0.4) is 0 Å². The van der Waals surface area contributed by atoms with Crippen molar-refractivity contribution in [2.45, 2.75) is 26.4 Å². The molecule has 4 nitrogen and oxygen atoms in total. The van der Waals surface area contributed by atoms with Gasteiger partial charge in [-0.15, -0.1) is 0 Å². The summed E-state index contributed by atoms with van der Waals surface area (Å²) < 4.78 is 42.8. The van der Waals surface area contributed by atoms with Gasteiger partial charge in [0.25, 0.3) is 0 Å². The van der Waals surface area contributed by atoms with Crippen LogP contribution in [0, 0.1) is 5.82 Å². The molecule has 1 heterocycles. The smallest absolute Gasteiger partial charge is 0.410 e. The van der Waals surface area contributed by atoms with E-state index in [2.05, 4.69) is 15.9 Å². The van der Waals surface area contributed by atoms with Crippen LogP contribution in [0.15, 0.2) is 22.6 Å². The number of anilines is 1. The van der Waals surface area contributed by atoms with Gasteiger partial charge >= 0.3 is 6.09 Å². The van der Waals surface area contributed by atoms with E-state index in [1.54, 1.807) is 30.6 Å². The first kappa shape index (κ1) is 12.3. The highest BCUT2D eigenvalue weighted by atomic mass is 79.9. The van der Waals surface area contributed by atoms with E-state index in [1.807, 2.05) is 0 Å². The quantitative estimate of drug-likeness (QED) is 0.765. The first-order chi connectivity index (χ1) is 11.0. The topological polar surface area (TPSA) is 32.8 Å². The van der Waals surface area contributed by atoms with Crippen LogP contribution in [0.2, 0.25) is 0 Å². The Morgan fingerprint density at radius 2 is 1.90 bits per heavy atom. The number of amides is 1. The van der Waals surface area contributed by atoms with E-state index in [-0.39, 0.29) is 16.2 Å². The van der Waals surface area contributed by atoms with Crippen molar-refractivity contribution in [3.63, 3.8) is 0 Å². The summed E-state index contributed by atoms with van der Waals surface area (Å²) in [4.78, 5) is 15.3. The Morgan fingerprint density at radius 3 is 2.48 bits per heavy atom. The van der Waals surface area contributed by atoms with Crippen molar-refractivity contribution in [3.8, 4) is 0 Å². The third-order valence-corrected chi connectivity index (χ3v) is 3.32. The molecule has 0 N–H and O–H groups in total. The van der Waals surface area contributed by atoms with Crippen LogP contribution in [-0.2, 0) is 4.74 Å². The molecule has 116 valence electrons. The van der Waals surface area contributed by atoms with Crippen LogP contribution in [0.25, 0.3) is 0 Å². The summed E-state index contributed by atoms with van der Waals surface area (Å²) in [5.41, 5.74) is -0.436. The van der Waals surface area contributed by atoms with Crippen LogP contribution >= 0.6 is 15.9 Å². The fourth-order valence-corrected chi connectivity index (χ4v) is 2.36. The molecule has 0 radical (unpaired) electrons. The zero-order chi connectivity index (χ0) is 18.2. The van der Waals surface area contributed by atoms with E-state index in [9.17, 15) is 9.18 Å². The van der Waals surface area contributed by atoms with Gasteiger partial charge in [-0.1, -0.05) is 15.9 Å². The fourth-order valence-electron chi connectivity index (χ4n) is 2.00. The first-order valence-corrected chi connectivity index (χ1v) is 7.50. The van der Waals surface area contributed by atoms with Gasteiger partial charge in [0, 0.05) is 36.3 Å². The Morgan fingerprint density at radius 1 is 1.29 bits per heavy atom. The number of carbonyl (C=O) groups is 1. The molecule has 21 heavy (non-hydrogen) atoms. The minimum Gasteiger partial charge on any atom is -0.444 e. The van der Waals surface area contributed by atoms with Gasteiger partial charge in [0.05, 0.1) is 4.11 Å². The van der Waals surface area contributed by atoms with Crippen molar-refractivity contribution in [3.05, 3.63) is 28.4 Å². The normalized spacial score (nSPS) is 18.0. The Hall–Kier alpha value is -1.30. The van der Waals surface area contributed by atoms with Gasteiger partial charge < -0.3 is 14.5 Å². The van der Waals surface area contributed by atoms with E-state index in [0.29, 0.717) is 26.2 Å². The number of nitrogens with zero attached hydrogens (tertiary/aromatic N) is 2. The maximum Gasteiger partial charge on any atom is 0.410 e. The van der Waals surface area contributed by atoms with E-state index in [4.69, 9.17) is 8.85 Å². The molecular formula is C15H20BrFN2O2. The average Bonchev–Trinajstić information content (AvgIpc) is 2.50. The van der Waals surface area contributed by atoms with Gasteiger partial charge in [-0.05, 0) is 38.9 Å². The fraction of sp³-hybridized carbons (Fsp3) is 0.533. The molecule has 0 saturated carbocycles. The van der Waals surface area contributed by atoms with Gasteiger partial charge in [0.15, 0.2) is 0 Å². The van der Waals surface area contributed by atoms with Crippen LogP contribution in [0.4, 0.5) is 14.9 Å². The molecule has 1 amide bonds. The molecule has 1 aromatic carbocycles. The molecule has 0 bridgehead atoms. The number of ether oxygens (including phenoxy) is 1. The number of hydrogen-bond donors (Lipinski definition) is 0. The van der Waals surface area contributed by atoms with E-state index in [1.165, 1.54) is 0 Å². The lowest BCUT2D eigenvalue weighted by atomic mass is 10.2. The highest BCUT2D eigenvalue weighted by Gasteiger charge is 2.26. The van der Waals surface area contributed by atoms with Gasteiger partial charge in [0.2, 0.25) is 0 Å². The lowest BCUT2D eigenvalue weighted by Crippen LogP contribution is -2.50. The largest absolute Gasteiger partial charge is 0.444 e. The number of benzene rings is 1. The maximum atomic E-state index is 14.0. The summed E-state index contributed by atoms with van der Waals surface area (Å²) in [6, 6.07) is -1.03. The molecule has 0 aliphatic carbocycles. The molecule has 1 aromatic rings. The summed E-state index contributed by atoms with van der Waals surface area (Å²) >= 11 is 3.04. The predicted molar refractivity (Wildman–Crippen MR) is 84.1 cm³/mol. The summed E-state index contributed by atoms with van der Waals surface area (Å²) in [7, 11) is 0. The van der Waals surface area contributed by atoms with Crippen LogP contribution in [0.5, 0.6) is 0 Å². The molecule has 1 fully saturated rings. The lowest BCUT2D eigenvalue weighted by molar-refractivity contribution is 0.0240. The van der Waals surface area contributed by atoms with Gasteiger partial charge in [-0.25, -0.2) is 9.18 Å². The summed E-state index contributed by atoms with van der Waals surface area (Å²) in [6.45, 7) is 6.82. The van der Waals surface area contributed by atoms with Gasteiger partial charge in [-0.3, -0.25) is 0 Å². The monoisotopic (exact) mass is 361 g/mol. The number of piperazine rings is 1. The van der Waals surface area contributed by atoms with Crippen LogP contribution in [-0.4, -0.2) is 42.8 Å². The van der Waals surface area contributed by atoms with Crippen LogP contribution in [0.1, 0.15) is 24.9 Å². The summed E-state index contributed by atoms with van der Waals surface area (Å²) in [5.74, 6) is -0.956. The Labute approximate surface area is 137 Å². The second-order valence-electron chi connectivity index (χ2n) is 5.81. The third-order valence-electron chi connectivity index (χ3n) is 2.92. The minimum atomic E-state index is -0.956. The molecule has 0 aromatic heterocycles. The minimum absolute atomic E-state index is 0.0283. The van der Waals surface area contributed by atoms with Crippen molar-refractivity contribution in [2.75, 3.05) is 31.1 Å². The number of rotatable bonds is 1. The molecule has 0 spiro atoms. The zero-order valence-electron chi connectivity index (χ0n) is 15.3. The molecule has 1 saturated heterocycles. The molecule has 1 aliphatic heterocycles. The summed E-state index contributed by atoms with van der Waals surface area (Å²) in [5, 5.41) is 0. The van der Waals surface area contributed by atoms with Gasteiger partial charge in [0.1, 0.15) is 11.4 Å². The lowest BCUT2D eigenvalue weighted by Gasteiger charge is -2.36. The Bertz CT molecular complexity index is 630. The summed E-state index contributed by atoms with van der Waals surface area (Å²) in [6.07, 6.45) is -0.409. The van der Waals surface area contributed by atoms with E-state index < -0.39 is 29.6 Å². The first-order valence-electron chi connectivity index (χ1n) is 8.20. The van der Waals surface area contributed by atoms with Gasteiger partial charge in [-0.2, -0.15) is 0 Å². The predicted octanol–water partition coefficient (Wildman–Crippen LogP) is 3.65. The second-order valence-corrected chi connectivity index (χ2v) is 6.60. The molecule has 0 atom stereocenters. The van der Waals surface area contributed by atoms with E-state index >= 15 is 0 Å². The molecule has 6 heteroatoms. The zero-order valence-corrected chi connectivity index (χ0v) is 13.9. The van der Waals surface area contributed by atoms with Crippen LogP contribution < -0.4 is 4.90 Å². The van der Waals surface area contributed by atoms with Crippen molar-refractivity contribution in [2.24, 2.45) is 0 Å². The molecule has 2 rings (SSSR count). The van der Waals surface area contributed by atoms with Crippen molar-refractivity contribution in [1.29, 1.82) is 0 Å².